The quantitative estimate of drug-likeness (QED) is 0.202. The third kappa shape index (κ3) is 13.4. The van der Waals surface area contributed by atoms with Gasteiger partial charge in [-0.05, 0) is 78.3 Å². The third-order valence-electron chi connectivity index (χ3n) is 7.19. The molecule has 2 atom stereocenters. The van der Waals surface area contributed by atoms with E-state index < -0.39 is 0 Å². The predicted molar refractivity (Wildman–Crippen MR) is 148 cm³/mol. The van der Waals surface area contributed by atoms with Gasteiger partial charge < -0.3 is 9.84 Å². The number of phenols is 1. The molecule has 0 bridgehead atoms. The summed E-state index contributed by atoms with van der Waals surface area (Å²) in [6.45, 7) is 17.3. The van der Waals surface area contributed by atoms with Crippen LogP contribution in [0.2, 0.25) is 0 Å². The van der Waals surface area contributed by atoms with E-state index in [1.54, 1.807) is 12.1 Å². The van der Waals surface area contributed by atoms with E-state index in [0.717, 1.165) is 24.3 Å². The van der Waals surface area contributed by atoms with Gasteiger partial charge in [-0.25, -0.2) is 0 Å². The second-order valence-electron chi connectivity index (χ2n) is 12.1. The molecule has 1 N–H and O–H groups in total. The molecule has 1 rings (SSSR count). The lowest BCUT2D eigenvalue weighted by Gasteiger charge is -2.39. The molecule has 0 aromatic heterocycles. The van der Waals surface area contributed by atoms with E-state index in [4.69, 9.17) is 17.0 Å². The van der Waals surface area contributed by atoms with Gasteiger partial charge in [0.05, 0.1) is 0 Å². The minimum atomic E-state index is 0.277. The fourth-order valence-electron chi connectivity index (χ4n) is 4.64. The van der Waals surface area contributed by atoms with Crippen LogP contribution < -0.4 is 0 Å². The number of hydrogen-bond acceptors (Lipinski definition) is 3. The zero-order chi connectivity index (χ0) is 24.9. The van der Waals surface area contributed by atoms with Crippen LogP contribution in [-0.4, -0.2) is 10.2 Å². The van der Waals surface area contributed by atoms with Crippen molar-refractivity contribution in [2.45, 2.75) is 126 Å². The second kappa shape index (κ2) is 15.0. The summed E-state index contributed by atoms with van der Waals surface area (Å²) in [7, 11) is 0. The van der Waals surface area contributed by atoms with Gasteiger partial charge in [0.2, 0.25) is 0 Å². The first kappa shape index (κ1) is 29.9. The largest absolute Gasteiger partial charge is 0.508 e. The van der Waals surface area contributed by atoms with Crippen molar-refractivity contribution in [3.8, 4) is 5.75 Å². The third-order valence-corrected chi connectivity index (χ3v) is 7.52. The minimum Gasteiger partial charge on any atom is -0.508 e. The van der Waals surface area contributed by atoms with Crippen molar-refractivity contribution in [1.29, 1.82) is 0 Å². The van der Waals surface area contributed by atoms with E-state index in [0.29, 0.717) is 28.4 Å². The molecule has 0 saturated carbocycles. The summed E-state index contributed by atoms with van der Waals surface area (Å²) in [5.74, 6) is 1.74. The van der Waals surface area contributed by atoms with Crippen LogP contribution in [0.1, 0.15) is 125 Å². The maximum Gasteiger partial charge on any atom is 0.160 e. The van der Waals surface area contributed by atoms with Gasteiger partial charge in [0.15, 0.2) is 5.05 Å². The van der Waals surface area contributed by atoms with Crippen molar-refractivity contribution in [3.05, 3.63) is 29.8 Å². The molecule has 0 spiro atoms. The van der Waals surface area contributed by atoms with Crippen LogP contribution >= 0.6 is 12.2 Å². The molecule has 2 unspecified atom stereocenters. The highest BCUT2D eigenvalue weighted by Gasteiger charge is 2.32. The van der Waals surface area contributed by atoms with E-state index in [1.165, 1.54) is 57.8 Å². The zero-order valence-corrected chi connectivity index (χ0v) is 23.5. The number of hydrogen-bond donors (Lipinski definition) is 1. The summed E-state index contributed by atoms with van der Waals surface area (Å²) >= 11 is 5.50. The number of ether oxygens (including phenoxy) is 1. The molecule has 0 radical (unpaired) electrons. The zero-order valence-electron chi connectivity index (χ0n) is 22.7. The molecule has 190 valence electrons. The van der Waals surface area contributed by atoms with Crippen LogP contribution in [-0.2, 0) is 11.3 Å². The van der Waals surface area contributed by atoms with Gasteiger partial charge >= 0.3 is 0 Å². The molecule has 0 aliphatic heterocycles. The predicted octanol–water partition coefficient (Wildman–Crippen LogP) is 9.87. The fraction of sp³-hybridized carbons (Fsp3) is 0.767. The first-order valence-corrected chi connectivity index (χ1v) is 13.8. The number of rotatable bonds is 15. The SMILES string of the molecule is CCCCCCCCC(CC(CCCC(=S)OCc1ccc(O)cc1)C(C)(C)C)C(C)(C)C. The summed E-state index contributed by atoms with van der Waals surface area (Å²) < 4.78 is 5.81. The van der Waals surface area contributed by atoms with Crippen LogP contribution in [0.15, 0.2) is 24.3 Å². The van der Waals surface area contributed by atoms with Crippen molar-refractivity contribution in [1.82, 2.24) is 0 Å². The van der Waals surface area contributed by atoms with Gasteiger partial charge in [0, 0.05) is 6.42 Å². The highest BCUT2D eigenvalue weighted by molar-refractivity contribution is 7.80. The molecular weight excluding hydrogens is 424 g/mol. The summed E-state index contributed by atoms with van der Waals surface area (Å²) in [6, 6.07) is 7.13. The highest BCUT2D eigenvalue weighted by atomic mass is 32.1. The lowest BCUT2D eigenvalue weighted by atomic mass is 9.67. The Hall–Kier alpha value is -1.09. The molecule has 1 aromatic rings. The van der Waals surface area contributed by atoms with Crippen LogP contribution in [0, 0.1) is 22.7 Å². The molecule has 1 aromatic carbocycles. The highest BCUT2D eigenvalue weighted by Crippen LogP contribution is 2.42. The van der Waals surface area contributed by atoms with Crippen molar-refractivity contribution in [3.63, 3.8) is 0 Å². The second-order valence-corrected chi connectivity index (χ2v) is 12.6. The van der Waals surface area contributed by atoms with Gasteiger partial charge in [-0.2, -0.15) is 0 Å². The maximum atomic E-state index is 9.41. The van der Waals surface area contributed by atoms with Crippen molar-refractivity contribution in [2.24, 2.45) is 22.7 Å². The minimum absolute atomic E-state index is 0.277. The Morgan fingerprint density at radius 2 is 1.33 bits per heavy atom. The van der Waals surface area contributed by atoms with Crippen molar-refractivity contribution >= 4 is 17.3 Å². The number of aromatic hydroxyl groups is 1. The molecule has 0 aliphatic carbocycles. The fourth-order valence-corrected chi connectivity index (χ4v) is 4.85. The topological polar surface area (TPSA) is 29.5 Å². The first-order valence-electron chi connectivity index (χ1n) is 13.4. The summed E-state index contributed by atoms with van der Waals surface area (Å²) in [5.41, 5.74) is 1.69. The van der Waals surface area contributed by atoms with Crippen molar-refractivity contribution < 1.29 is 9.84 Å². The van der Waals surface area contributed by atoms with E-state index >= 15 is 0 Å². The maximum absolute atomic E-state index is 9.41. The van der Waals surface area contributed by atoms with Gasteiger partial charge in [0.25, 0.3) is 0 Å². The lowest BCUT2D eigenvalue weighted by molar-refractivity contribution is 0.116. The summed E-state index contributed by atoms with van der Waals surface area (Å²) in [6.07, 6.45) is 14.1. The van der Waals surface area contributed by atoms with Gasteiger partial charge in [0.1, 0.15) is 12.4 Å². The standard InChI is InChI=1S/C30H52O2S/c1-8-9-10-11-12-13-15-25(29(2,3)4)22-26(30(5,6)7)16-14-17-28(33)32-23-24-18-20-27(31)21-19-24/h18-21,25-26,31H,8-17,22-23H2,1-7H3. The average Bonchev–Trinajstić information content (AvgIpc) is 2.72. The molecule has 0 heterocycles. The number of benzene rings is 1. The normalized spacial score (nSPS) is 14.2. The van der Waals surface area contributed by atoms with Crippen LogP contribution in [0.5, 0.6) is 5.75 Å². The molecule has 0 fully saturated rings. The smallest absolute Gasteiger partial charge is 0.160 e. The Morgan fingerprint density at radius 3 is 1.88 bits per heavy atom. The molecular formula is C30H52O2S. The Labute approximate surface area is 210 Å². The van der Waals surface area contributed by atoms with Gasteiger partial charge in [-0.15, -0.1) is 0 Å². The van der Waals surface area contributed by atoms with E-state index in [2.05, 4.69) is 48.5 Å². The number of phenolic OH excluding ortho intramolecular Hbond substituents is 1. The number of unbranched alkanes of at least 4 members (excludes halogenated alkanes) is 5. The van der Waals surface area contributed by atoms with E-state index in [-0.39, 0.29) is 5.75 Å². The van der Waals surface area contributed by atoms with Gasteiger partial charge in [-0.1, -0.05) is 99.1 Å². The Balaban J connectivity index is 2.52. The lowest BCUT2D eigenvalue weighted by Crippen LogP contribution is -2.29. The van der Waals surface area contributed by atoms with Crippen LogP contribution in [0.3, 0.4) is 0 Å². The average molecular weight is 477 g/mol. The Bertz CT molecular complexity index is 651. The van der Waals surface area contributed by atoms with Crippen LogP contribution in [0.25, 0.3) is 0 Å². The van der Waals surface area contributed by atoms with E-state index in [9.17, 15) is 5.11 Å². The van der Waals surface area contributed by atoms with Gasteiger partial charge in [-0.3, -0.25) is 0 Å². The van der Waals surface area contributed by atoms with E-state index in [1.807, 2.05) is 12.1 Å². The molecule has 0 amide bonds. The summed E-state index contributed by atoms with van der Waals surface area (Å²) in [5, 5.41) is 10.1. The summed E-state index contributed by atoms with van der Waals surface area (Å²) in [4.78, 5) is 0. The number of thiocarbonyl (C=S) groups is 1. The Kier molecular flexibility index (Phi) is 13.6. The monoisotopic (exact) mass is 476 g/mol. The first-order chi connectivity index (χ1) is 15.4. The molecule has 0 saturated heterocycles. The molecule has 0 aliphatic rings. The molecule has 3 heteroatoms. The molecule has 2 nitrogen and oxygen atoms in total. The van der Waals surface area contributed by atoms with Crippen LogP contribution in [0.4, 0.5) is 0 Å². The molecule has 33 heavy (non-hydrogen) atoms. The Morgan fingerprint density at radius 1 is 0.818 bits per heavy atom. The van der Waals surface area contributed by atoms with Crippen molar-refractivity contribution in [2.75, 3.05) is 0 Å².